The quantitative estimate of drug-likeness (QED) is 0.529. The van der Waals surface area contributed by atoms with E-state index in [1.165, 1.54) is 4.90 Å². The molecule has 0 unspecified atom stereocenters. The maximum absolute atomic E-state index is 13.1. The Morgan fingerprint density at radius 1 is 0.970 bits per heavy atom. The van der Waals surface area contributed by atoms with Crippen molar-refractivity contribution < 1.29 is 18.0 Å². The summed E-state index contributed by atoms with van der Waals surface area (Å²) in [5.41, 5.74) is 3.13. The molecule has 0 bridgehead atoms. The number of carbonyl (C=O) groups excluding carboxylic acids is 1. The lowest BCUT2D eigenvalue weighted by atomic mass is 10.1. The number of benzene rings is 2. The zero-order chi connectivity index (χ0) is 23.4. The lowest BCUT2D eigenvalue weighted by molar-refractivity contribution is -0.145. The van der Waals surface area contributed by atoms with E-state index in [-0.39, 0.29) is 25.4 Å². The number of rotatable bonds is 5. The Kier molecular flexibility index (Phi) is 7.05. The van der Waals surface area contributed by atoms with Crippen molar-refractivity contribution in [2.24, 2.45) is 0 Å². The predicted octanol–water partition coefficient (Wildman–Crippen LogP) is 4.83. The summed E-state index contributed by atoms with van der Waals surface area (Å²) in [4.78, 5) is 16.1. The molecule has 174 valence electrons. The maximum atomic E-state index is 13.1. The van der Waals surface area contributed by atoms with Crippen LogP contribution in [0.25, 0.3) is 16.9 Å². The molecule has 0 saturated carbocycles. The van der Waals surface area contributed by atoms with Crippen molar-refractivity contribution in [1.29, 1.82) is 0 Å². The van der Waals surface area contributed by atoms with E-state index in [0.717, 1.165) is 16.8 Å². The monoisotopic (exact) mass is 476 g/mol. The molecule has 1 aliphatic heterocycles. The number of hydrogen-bond donors (Lipinski definition) is 0. The Hall–Kier alpha value is -2.84. The number of para-hydroxylation sites is 1. The van der Waals surface area contributed by atoms with Gasteiger partial charge in [0.2, 0.25) is 5.91 Å². The summed E-state index contributed by atoms with van der Waals surface area (Å²) >= 11 is 6.03. The van der Waals surface area contributed by atoms with Crippen LogP contribution in [0.4, 0.5) is 13.2 Å². The van der Waals surface area contributed by atoms with Gasteiger partial charge in [0.25, 0.3) is 0 Å². The van der Waals surface area contributed by atoms with E-state index in [9.17, 15) is 18.0 Å². The van der Waals surface area contributed by atoms with E-state index in [4.69, 9.17) is 16.7 Å². The zero-order valence-electron chi connectivity index (χ0n) is 17.9. The average Bonchev–Trinajstić information content (AvgIpc) is 3.05. The fourth-order valence-electron chi connectivity index (χ4n) is 4.01. The Bertz CT molecular complexity index is 1080. The van der Waals surface area contributed by atoms with Crippen LogP contribution in [-0.2, 0) is 11.2 Å². The first-order valence-corrected chi connectivity index (χ1v) is 11.1. The van der Waals surface area contributed by atoms with Crippen molar-refractivity contribution >= 4 is 17.5 Å². The van der Waals surface area contributed by atoms with E-state index in [2.05, 4.69) is 0 Å². The van der Waals surface area contributed by atoms with E-state index >= 15 is 0 Å². The maximum Gasteiger partial charge on any atom is 0.401 e. The van der Waals surface area contributed by atoms with Gasteiger partial charge in [-0.25, -0.2) is 4.68 Å². The highest BCUT2D eigenvalue weighted by Crippen LogP contribution is 2.26. The molecule has 0 N–H and O–H groups in total. The Labute approximate surface area is 195 Å². The zero-order valence-corrected chi connectivity index (χ0v) is 18.7. The van der Waals surface area contributed by atoms with Gasteiger partial charge in [0.05, 0.1) is 24.3 Å². The first kappa shape index (κ1) is 23.3. The third kappa shape index (κ3) is 6.15. The SMILES string of the molecule is O=C(Cc1cn(-c2ccccc2)nc1-c1ccc(Cl)cc1)N1CCCN(CC(F)(F)F)CC1. The van der Waals surface area contributed by atoms with Crippen molar-refractivity contribution in [1.82, 2.24) is 19.6 Å². The van der Waals surface area contributed by atoms with Crippen LogP contribution in [0.1, 0.15) is 12.0 Å². The third-order valence-corrected chi connectivity index (χ3v) is 5.87. The normalized spacial score (nSPS) is 15.5. The molecule has 0 aliphatic carbocycles. The van der Waals surface area contributed by atoms with Crippen molar-refractivity contribution in [2.45, 2.75) is 19.0 Å². The minimum atomic E-state index is -4.24. The molecule has 1 aromatic heterocycles. The molecule has 1 saturated heterocycles. The highest BCUT2D eigenvalue weighted by molar-refractivity contribution is 6.30. The van der Waals surface area contributed by atoms with E-state index in [0.29, 0.717) is 30.2 Å². The molecule has 0 spiro atoms. The topological polar surface area (TPSA) is 41.4 Å². The summed E-state index contributed by atoms with van der Waals surface area (Å²) in [5, 5.41) is 5.32. The van der Waals surface area contributed by atoms with Gasteiger partial charge in [0, 0.05) is 48.5 Å². The number of aromatic nitrogens is 2. The molecule has 2 aromatic carbocycles. The molecule has 5 nitrogen and oxygen atoms in total. The highest BCUT2D eigenvalue weighted by Gasteiger charge is 2.32. The summed E-state index contributed by atoms with van der Waals surface area (Å²) in [6.07, 6.45) is -1.77. The Morgan fingerprint density at radius 3 is 2.39 bits per heavy atom. The van der Waals surface area contributed by atoms with Crippen molar-refractivity contribution in [3.05, 3.63) is 71.4 Å². The fraction of sp³-hybridized carbons (Fsp3) is 0.333. The summed E-state index contributed by atoms with van der Waals surface area (Å²) in [5.74, 6) is -0.119. The van der Waals surface area contributed by atoms with Crippen LogP contribution in [0.15, 0.2) is 60.8 Å². The number of hydrogen-bond acceptors (Lipinski definition) is 3. The Morgan fingerprint density at radius 2 is 1.70 bits per heavy atom. The van der Waals surface area contributed by atoms with Crippen molar-refractivity contribution in [3.63, 3.8) is 0 Å². The van der Waals surface area contributed by atoms with Gasteiger partial charge in [-0.2, -0.15) is 18.3 Å². The summed E-state index contributed by atoms with van der Waals surface area (Å²) in [6, 6.07) is 16.8. The minimum Gasteiger partial charge on any atom is -0.341 e. The number of nitrogens with zero attached hydrogens (tertiary/aromatic N) is 4. The molecule has 1 amide bonds. The van der Waals surface area contributed by atoms with Crippen LogP contribution in [0, 0.1) is 0 Å². The largest absolute Gasteiger partial charge is 0.401 e. The summed E-state index contributed by atoms with van der Waals surface area (Å²) in [6.45, 7) is 0.303. The Balaban J connectivity index is 1.54. The number of halogens is 4. The fourth-order valence-corrected chi connectivity index (χ4v) is 4.14. The lowest BCUT2D eigenvalue weighted by Crippen LogP contribution is -2.39. The van der Waals surface area contributed by atoms with Gasteiger partial charge in [-0.15, -0.1) is 0 Å². The molecule has 9 heteroatoms. The number of amides is 1. The summed E-state index contributed by atoms with van der Waals surface area (Å²) < 4.78 is 40.0. The van der Waals surface area contributed by atoms with Crippen LogP contribution >= 0.6 is 11.6 Å². The van der Waals surface area contributed by atoms with E-state index < -0.39 is 12.7 Å². The second kappa shape index (κ2) is 9.97. The second-order valence-corrected chi connectivity index (χ2v) is 8.53. The molecule has 2 heterocycles. The first-order chi connectivity index (χ1) is 15.8. The smallest absolute Gasteiger partial charge is 0.341 e. The molecule has 1 fully saturated rings. The van der Waals surface area contributed by atoms with E-state index in [1.54, 1.807) is 21.7 Å². The first-order valence-electron chi connectivity index (χ1n) is 10.8. The molecular weight excluding hydrogens is 453 g/mol. The lowest BCUT2D eigenvalue weighted by Gasteiger charge is -2.22. The van der Waals surface area contributed by atoms with Gasteiger partial charge in [0.15, 0.2) is 0 Å². The van der Waals surface area contributed by atoms with Crippen LogP contribution in [0.2, 0.25) is 5.02 Å². The number of carbonyl (C=O) groups is 1. The van der Waals surface area contributed by atoms with Crippen molar-refractivity contribution in [3.8, 4) is 16.9 Å². The molecule has 3 aromatic rings. The van der Waals surface area contributed by atoms with Crippen LogP contribution in [0.3, 0.4) is 0 Å². The molecule has 0 atom stereocenters. The van der Waals surface area contributed by atoms with Gasteiger partial charge < -0.3 is 4.90 Å². The molecule has 1 aliphatic rings. The summed E-state index contributed by atoms with van der Waals surface area (Å²) in [7, 11) is 0. The number of alkyl halides is 3. The molecule has 0 radical (unpaired) electrons. The van der Waals surface area contributed by atoms with Crippen LogP contribution < -0.4 is 0 Å². The molecule has 33 heavy (non-hydrogen) atoms. The van der Waals surface area contributed by atoms with Gasteiger partial charge in [-0.3, -0.25) is 9.69 Å². The van der Waals surface area contributed by atoms with Crippen molar-refractivity contribution in [2.75, 3.05) is 32.7 Å². The van der Waals surface area contributed by atoms with Crippen LogP contribution in [0.5, 0.6) is 0 Å². The highest BCUT2D eigenvalue weighted by atomic mass is 35.5. The van der Waals surface area contributed by atoms with Gasteiger partial charge in [0.1, 0.15) is 0 Å². The van der Waals surface area contributed by atoms with Crippen LogP contribution in [-0.4, -0.2) is 64.4 Å². The van der Waals surface area contributed by atoms with Gasteiger partial charge in [-0.05, 0) is 30.7 Å². The second-order valence-electron chi connectivity index (χ2n) is 8.09. The molecular formula is C24H24ClF3N4O. The predicted molar refractivity (Wildman–Crippen MR) is 121 cm³/mol. The average molecular weight is 477 g/mol. The van der Waals surface area contributed by atoms with Gasteiger partial charge in [-0.1, -0.05) is 41.9 Å². The van der Waals surface area contributed by atoms with E-state index in [1.807, 2.05) is 48.7 Å². The standard InChI is InChI=1S/C24H24ClF3N4O/c25-20-9-7-18(8-10-20)23-19(16-32(29-23)21-5-2-1-3-6-21)15-22(33)31-12-4-11-30(13-14-31)17-24(26,27)28/h1-3,5-10,16H,4,11-15,17H2. The minimum absolute atomic E-state index is 0.115. The van der Waals surface area contributed by atoms with Gasteiger partial charge >= 0.3 is 6.18 Å². The molecule has 4 rings (SSSR count). The third-order valence-electron chi connectivity index (χ3n) is 5.61.